The Bertz CT molecular complexity index is 291. The van der Waals surface area contributed by atoms with Gasteiger partial charge >= 0.3 is 0 Å². The fourth-order valence-corrected chi connectivity index (χ4v) is 1.02. The van der Waals surface area contributed by atoms with Crippen LogP contribution in [0.5, 0.6) is 0 Å². The summed E-state index contributed by atoms with van der Waals surface area (Å²) in [5.41, 5.74) is 5.64. The molecule has 6 heteroatoms. The van der Waals surface area contributed by atoms with E-state index in [1.165, 1.54) is 0 Å². The van der Waals surface area contributed by atoms with Crippen molar-refractivity contribution >= 4 is 34.2 Å². The minimum atomic E-state index is -0.196. The summed E-state index contributed by atoms with van der Waals surface area (Å²) in [6, 6.07) is 3.42. The van der Waals surface area contributed by atoms with Crippen LogP contribution >= 0.6 is 28.3 Å². The second-order valence-corrected chi connectivity index (χ2v) is 3.32. The van der Waals surface area contributed by atoms with Gasteiger partial charge < -0.3 is 11.1 Å². The van der Waals surface area contributed by atoms with Crippen LogP contribution < -0.4 is 11.1 Å². The van der Waals surface area contributed by atoms with Gasteiger partial charge in [-0.1, -0.05) is 0 Å². The molecule has 1 aromatic heterocycles. The van der Waals surface area contributed by atoms with Gasteiger partial charge in [0.1, 0.15) is 5.69 Å². The molecule has 0 aliphatic carbocycles. The van der Waals surface area contributed by atoms with Crippen LogP contribution in [0, 0.1) is 0 Å². The molecule has 0 atom stereocenters. The van der Waals surface area contributed by atoms with E-state index in [4.69, 9.17) is 5.73 Å². The average Bonchev–Trinajstić information content (AvgIpc) is 2.15. The van der Waals surface area contributed by atoms with Crippen molar-refractivity contribution in [3.05, 3.63) is 28.5 Å². The fourth-order valence-electron chi connectivity index (χ4n) is 0.786. The summed E-state index contributed by atoms with van der Waals surface area (Å²) >= 11 is 3.23. The van der Waals surface area contributed by atoms with Crippen LogP contribution in [0.2, 0.25) is 0 Å². The number of rotatable bonds is 3. The second-order valence-electron chi connectivity index (χ2n) is 2.41. The molecule has 0 spiro atoms. The molecule has 4 nitrogen and oxygen atoms in total. The molecule has 1 amide bonds. The number of carbonyl (C=O) groups excluding carboxylic acids is 1. The van der Waals surface area contributed by atoms with Gasteiger partial charge in [0.05, 0.1) is 0 Å². The molecule has 3 N–H and O–H groups in total. The summed E-state index contributed by atoms with van der Waals surface area (Å²) in [6.07, 6.45) is 1.58. The van der Waals surface area contributed by atoms with Crippen molar-refractivity contribution in [3.8, 4) is 0 Å². The highest BCUT2D eigenvalue weighted by Gasteiger charge is 2.04. The maximum absolute atomic E-state index is 11.3. The van der Waals surface area contributed by atoms with E-state index in [-0.39, 0.29) is 18.3 Å². The van der Waals surface area contributed by atoms with Crippen molar-refractivity contribution < 1.29 is 4.79 Å². The number of carbonyl (C=O) groups is 1. The van der Waals surface area contributed by atoms with Crippen LogP contribution in [0.15, 0.2) is 22.8 Å². The topological polar surface area (TPSA) is 68.0 Å². The van der Waals surface area contributed by atoms with E-state index in [2.05, 4.69) is 26.2 Å². The van der Waals surface area contributed by atoms with E-state index in [0.29, 0.717) is 18.8 Å². The normalized spacial score (nSPS) is 9.00. The molecule has 0 fully saturated rings. The first-order chi connectivity index (χ1) is 6.24. The maximum Gasteiger partial charge on any atom is 0.269 e. The number of hydrogen-bond donors (Lipinski definition) is 2. The van der Waals surface area contributed by atoms with Crippen molar-refractivity contribution in [3.63, 3.8) is 0 Å². The second kappa shape index (κ2) is 6.75. The number of halogens is 2. The van der Waals surface area contributed by atoms with Crippen molar-refractivity contribution in [1.82, 2.24) is 10.3 Å². The molecule has 0 aliphatic rings. The van der Waals surface area contributed by atoms with E-state index in [1.54, 1.807) is 18.3 Å². The largest absolute Gasteiger partial charge is 0.349 e. The molecule has 0 bridgehead atoms. The molecular formula is C8H11BrClN3O. The Balaban J connectivity index is 0.00000169. The van der Waals surface area contributed by atoms with E-state index in [0.717, 1.165) is 4.47 Å². The minimum Gasteiger partial charge on any atom is -0.349 e. The van der Waals surface area contributed by atoms with E-state index >= 15 is 0 Å². The lowest BCUT2D eigenvalue weighted by atomic mass is 10.3. The highest BCUT2D eigenvalue weighted by molar-refractivity contribution is 9.10. The highest BCUT2D eigenvalue weighted by Crippen LogP contribution is 2.06. The molecule has 0 aliphatic heterocycles. The number of nitrogens with two attached hydrogens (primary N) is 1. The van der Waals surface area contributed by atoms with Gasteiger partial charge in [0, 0.05) is 23.8 Å². The first kappa shape index (κ1) is 13.4. The average molecular weight is 281 g/mol. The number of aromatic nitrogens is 1. The minimum absolute atomic E-state index is 0. The Labute approximate surface area is 96.8 Å². The SMILES string of the molecule is Cl.NCCNC(=O)c1ccc(Br)cn1. The molecule has 14 heavy (non-hydrogen) atoms. The molecule has 1 aromatic rings. The van der Waals surface area contributed by atoms with E-state index < -0.39 is 0 Å². The van der Waals surface area contributed by atoms with Crippen molar-refractivity contribution in [2.24, 2.45) is 5.73 Å². The third-order valence-corrected chi connectivity index (χ3v) is 1.86. The third-order valence-electron chi connectivity index (χ3n) is 1.39. The summed E-state index contributed by atoms with van der Waals surface area (Å²) in [5.74, 6) is -0.196. The summed E-state index contributed by atoms with van der Waals surface area (Å²) in [4.78, 5) is 15.2. The molecule has 0 saturated heterocycles. The molecule has 1 rings (SSSR count). The molecule has 1 heterocycles. The molecule has 0 aromatic carbocycles. The maximum atomic E-state index is 11.3. The molecule has 0 radical (unpaired) electrons. The van der Waals surface area contributed by atoms with Gasteiger partial charge in [0.2, 0.25) is 0 Å². The zero-order chi connectivity index (χ0) is 9.68. The zero-order valence-electron chi connectivity index (χ0n) is 7.37. The lowest BCUT2D eigenvalue weighted by molar-refractivity contribution is 0.0950. The van der Waals surface area contributed by atoms with Gasteiger partial charge in [-0.15, -0.1) is 12.4 Å². The van der Waals surface area contributed by atoms with Crippen molar-refractivity contribution in [2.75, 3.05) is 13.1 Å². The zero-order valence-corrected chi connectivity index (χ0v) is 9.77. The number of pyridine rings is 1. The van der Waals surface area contributed by atoms with Crippen LogP contribution in [0.1, 0.15) is 10.5 Å². The van der Waals surface area contributed by atoms with Gasteiger partial charge in [0.25, 0.3) is 5.91 Å². The lowest BCUT2D eigenvalue weighted by Gasteiger charge is -2.01. The number of nitrogens with zero attached hydrogens (tertiary/aromatic N) is 1. The molecular weight excluding hydrogens is 269 g/mol. The summed E-state index contributed by atoms with van der Waals surface area (Å²) < 4.78 is 0.850. The number of amides is 1. The number of hydrogen-bond acceptors (Lipinski definition) is 3. The van der Waals surface area contributed by atoms with Crippen LogP contribution in [0.4, 0.5) is 0 Å². The Morgan fingerprint density at radius 1 is 1.57 bits per heavy atom. The first-order valence-electron chi connectivity index (χ1n) is 3.84. The Hall–Kier alpha value is -0.650. The van der Waals surface area contributed by atoms with Crippen molar-refractivity contribution in [2.45, 2.75) is 0 Å². The Morgan fingerprint density at radius 3 is 2.79 bits per heavy atom. The summed E-state index contributed by atoms with van der Waals surface area (Å²) in [5, 5.41) is 2.63. The first-order valence-corrected chi connectivity index (χ1v) is 4.63. The molecule has 0 saturated carbocycles. The predicted molar refractivity (Wildman–Crippen MR) is 60.6 cm³/mol. The number of nitrogens with one attached hydrogen (secondary N) is 1. The van der Waals surface area contributed by atoms with Gasteiger partial charge in [0.15, 0.2) is 0 Å². The van der Waals surface area contributed by atoms with Crippen LogP contribution in [0.3, 0.4) is 0 Å². The van der Waals surface area contributed by atoms with Crippen LogP contribution in [-0.2, 0) is 0 Å². The molecule has 78 valence electrons. The molecule has 0 unspecified atom stereocenters. The van der Waals surface area contributed by atoms with Gasteiger partial charge in [-0.2, -0.15) is 0 Å². The van der Waals surface area contributed by atoms with Crippen LogP contribution in [-0.4, -0.2) is 24.0 Å². The predicted octanol–water partition coefficient (Wildman–Crippen LogP) is 0.954. The summed E-state index contributed by atoms with van der Waals surface area (Å²) in [7, 11) is 0. The highest BCUT2D eigenvalue weighted by atomic mass is 79.9. The third kappa shape index (κ3) is 4.04. The van der Waals surface area contributed by atoms with E-state index in [9.17, 15) is 4.79 Å². The van der Waals surface area contributed by atoms with Gasteiger partial charge in [-0.25, -0.2) is 4.98 Å². The smallest absolute Gasteiger partial charge is 0.269 e. The van der Waals surface area contributed by atoms with Crippen LogP contribution in [0.25, 0.3) is 0 Å². The quantitative estimate of drug-likeness (QED) is 0.866. The standard InChI is InChI=1S/C8H10BrN3O.ClH/c9-6-1-2-7(12-5-6)8(13)11-4-3-10;/h1-2,5H,3-4,10H2,(H,11,13);1H. The Kier molecular flexibility index (Phi) is 6.44. The lowest BCUT2D eigenvalue weighted by Crippen LogP contribution is -2.29. The summed E-state index contributed by atoms with van der Waals surface area (Å²) in [6.45, 7) is 0.902. The Morgan fingerprint density at radius 2 is 2.29 bits per heavy atom. The van der Waals surface area contributed by atoms with Gasteiger partial charge in [-0.3, -0.25) is 4.79 Å². The van der Waals surface area contributed by atoms with E-state index in [1.807, 2.05) is 0 Å². The fraction of sp³-hybridized carbons (Fsp3) is 0.250. The van der Waals surface area contributed by atoms with Crippen molar-refractivity contribution in [1.29, 1.82) is 0 Å². The monoisotopic (exact) mass is 279 g/mol. The van der Waals surface area contributed by atoms with Gasteiger partial charge in [-0.05, 0) is 28.1 Å².